The minimum atomic E-state index is -0.195. The normalized spacial score (nSPS) is 13.3. The van der Waals surface area contributed by atoms with E-state index in [0.717, 1.165) is 57.3 Å². The second-order valence-corrected chi connectivity index (χ2v) is 17.2. The summed E-state index contributed by atoms with van der Waals surface area (Å²) < 4.78 is 6.89. The van der Waals surface area contributed by atoms with Crippen LogP contribution in [0.3, 0.4) is 0 Å². The van der Waals surface area contributed by atoms with Gasteiger partial charge in [0.25, 0.3) is 0 Å². The molecule has 0 N–H and O–H groups in total. The Kier molecular flexibility index (Phi) is 9.77. The van der Waals surface area contributed by atoms with Gasteiger partial charge in [-0.25, -0.2) is 0 Å². The van der Waals surface area contributed by atoms with Gasteiger partial charge in [0.15, 0.2) is 0 Å². The van der Waals surface area contributed by atoms with Crippen molar-refractivity contribution in [3.05, 3.63) is 236 Å². The molecule has 0 fully saturated rings. The van der Waals surface area contributed by atoms with E-state index >= 15 is 0 Å². The average molecular weight is 811 g/mol. The van der Waals surface area contributed by atoms with Crippen LogP contribution >= 0.6 is 0 Å². The molecule has 2 aliphatic rings. The third-order valence-electron chi connectivity index (χ3n) is 13.1. The Morgan fingerprint density at radius 2 is 0.968 bits per heavy atom. The Morgan fingerprint density at radius 1 is 0.429 bits per heavy atom. The van der Waals surface area contributed by atoms with Gasteiger partial charge in [-0.05, 0) is 112 Å². The van der Waals surface area contributed by atoms with E-state index in [-0.39, 0.29) is 12.1 Å². The maximum absolute atomic E-state index is 6.89. The number of hydrogen-bond acceptors (Lipinski definition) is 3. The van der Waals surface area contributed by atoms with Crippen LogP contribution in [0.1, 0.15) is 25.0 Å². The molecule has 0 aromatic heterocycles. The number of rotatable bonds is 9. The van der Waals surface area contributed by atoms with Crippen LogP contribution in [0.4, 0.5) is 34.1 Å². The summed E-state index contributed by atoms with van der Waals surface area (Å²) in [4.78, 5) is 4.78. The summed E-state index contributed by atoms with van der Waals surface area (Å²) in [7, 11) is 0. The number of ether oxygens (including phenoxy) is 1. The van der Waals surface area contributed by atoms with Crippen molar-refractivity contribution in [3.63, 3.8) is 0 Å². The summed E-state index contributed by atoms with van der Waals surface area (Å²) >= 11 is 0. The number of fused-ring (bicyclic) bond motifs is 4. The third-order valence-corrected chi connectivity index (χ3v) is 13.1. The molecule has 9 aromatic carbocycles. The van der Waals surface area contributed by atoms with Gasteiger partial charge < -0.3 is 14.5 Å². The topological polar surface area (TPSA) is 15.7 Å². The molecule has 0 radical (unpaired) electrons. The first-order valence-corrected chi connectivity index (χ1v) is 22.1. The molecule has 3 nitrogen and oxygen atoms in total. The summed E-state index contributed by atoms with van der Waals surface area (Å²) in [6.45, 7) is 5.63. The molecule has 0 unspecified atom stereocenters. The first-order chi connectivity index (χ1) is 31.0. The zero-order valence-electron chi connectivity index (χ0n) is 35.7. The van der Waals surface area contributed by atoms with Crippen molar-refractivity contribution in [2.24, 2.45) is 0 Å². The number of nitrogens with zero attached hydrogens (tertiary/aromatic N) is 2. The van der Waals surface area contributed by atoms with Crippen LogP contribution in [-0.4, -0.2) is 13.3 Å². The lowest BCUT2D eigenvalue weighted by molar-refractivity contribution is 0.338. The van der Waals surface area contributed by atoms with Crippen molar-refractivity contribution in [2.45, 2.75) is 25.6 Å². The van der Waals surface area contributed by atoms with Crippen molar-refractivity contribution in [3.8, 4) is 39.1 Å². The molecule has 0 saturated carbocycles. The second-order valence-electron chi connectivity index (χ2n) is 17.2. The lowest BCUT2D eigenvalue weighted by atomic mass is 9.38. The molecule has 0 spiro atoms. The van der Waals surface area contributed by atoms with E-state index in [4.69, 9.17) is 4.74 Å². The fourth-order valence-corrected chi connectivity index (χ4v) is 10.1. The molecular formula is C59H47BN2O. The fraction of sp³-hybridized carbons (Fsp3) is 0.0847. The highest BCUT2D eigenvalue weighted by Crippen LogP contribution is 2.57. The van der Waals surface area contributed by atoms with Gasteiger partial charge >= 0.3 is 0 Å². The quantitative estimate of drug-likeness (QED) is 0.135. The highest BCUT2D eigenvalue weighted by Gasteiger charge is 2.40. The van der Waals surface area contributed by atoms with E-state index in [2.05, 4.69) is 248 Å². The minimum absolute atomic E-state index is 0.195. The lowest BCUT2D eigenvalue weighted by Crippen LogP contribution is -2.46. The first-order valence-electron chi connectivity index (χ1n) is 22.1. The van der Waals surface area contributed by atoms with Gasteiger partial charge in [-0.15, -0.1) is 0 Å². The van der Waals surface area contributed by atoms with Crippen LogP contribution in [-0.2, 0) is 5.41 Å². The van der Waals surface area contributed by atoms with Gasteiger partial charge in [0.1, 0.15) is 5.75 Å². The summed E-state index contributed by atoms with van der Waals surface area (Å²) in [6.07, 6.45) is 0.934. The summed E-state index contributed by atoms with van der Waals surface area (Å²) in [5, 5.41) is 0. The van der Waals surface area contributed by atoms with Crippen LogP contribution in [0.2, 0.25) is 6.32 Å². The zero-order chi connectivity index (χ0) is 42.3. The zero-order valence-corrected chi connectivity index (χ0v) is 35.7. The van der Waals surface area contributed by atoms with Crippen molar-refractivity contribution >= 4 is 51.8 Å². The molecule has 0 bridgehead atoms. The van der Waals surface area contributed by atoms with Crippen LogP contribution in [0.25, 0.3) is 33.4 Å². The van der Waals surface area contributed by atoms with Crippen LogP contribution < -0.4 is 25.5 Å². The van der Waals surface area contributed by atoms with Crippen LogP contribution in [0.15, 0.2) is 224 Å². The predicted molar refractivity (Wildman–Crippen MR) is 266 cm³/mol. The van der Waals surface area contributed by atoms with E-state index < -0.39 is 0 Å². The standard InChI is InChI=1S/C59H47BN2O/c1-59(2)52-31-16-15-29-50(52)56-53(59)37-38-55(57(56)51-30-18-32-54-58(51)63-40-39-60(54)44-22-9-4-10-23-44)62(49-28-17-21-43(41-49)42-19-7-3-8-20-42)48-35-33-47(34-36-48)61(45-24-11-5-12-25-45)46-26-13-6-14-27-46/h3-38,41H,39-40H2,1-2H3. The van der Waals surface area contributed by atoms with Gasteiger partial charge in [-0.3, -0.25) is 0 Å². The van der Waals surface area contributed by atoms with E-state index in [1.165, 1.54) is 44.3 Å². The summed E-state index contributed by atoms with van der Waals surface area (Å²) in [6, 6.07) is 81.5. The molecule has 4 heteroatoms. The first kappa shape index (κ1) is 38.4. The van der Waals surface area contributed by atoms with E-state index in [0.29, 0.717) is 6.61 Å². The molecule has 0 amide bonds. The SMILES string of the molecule is CC1(C)c2ccccc2-c2c1ccc(N(c1ccc(N(c3ccccc3)c3ccccc3)cc1)c1cccc(-c3ccccc3)c1)c2-c1cccc2c1OCCB2c1ccccc1. The second kappa shape index (κ2) is 16.0. The average Bonchev–Trinajstić information content (AvgIpc) is 3.58. The molecular weight excluding hydrogens is 763 g/mol. The molecule has 63 heavy (non-hydrogen) atoms. The Hall–Kier alpha value is -7.56. The number of hydrogen-bond donors (Lipinski definition) is 0. The van der Waals surface area contributed by atoms with Gasteiger partial charge in [-0.1, -0.05) is 177 Å². The van der Waals surface area contributed by atoms with Crippen molar-refractivity contribution in [1.29, 1.82) is 0 Å². The van der Waals surface area contributed by atoms with Crippen LogP contribution in [0.5, 0.6) is 5.75 Å². The Balaban J connectivity index is 1.17. The van der Waals surface area contributed by atoms with Crippen LogP contribution in [0, 0.1) is 0 Å². The Labute approximate surface area is 371 Å². The maximum atomic E-state index is 6.89. The van der Waals surface area contributed by atoms with Gasteiger partial charge in [0, 0.05) is 45.0 Å². The molecule has 9 aromatic rings. The molecule has 1 aliphatic carbocycles. The largest absolute Gasteiger partial charge is 0.494 e. The monoisotopic (exact) mass is 810 g/mol. The van der Waals surface area contributed by atoms with E-state index in [1.807, 2.05) is 0 Å². The summed E-state index contributed by atoms with van der Waals surface area (Å²) in [5.41, 5.74) is 18.7. The van der Waals surface area contributed by atoms with Gasteiger partial charge in [-0.2, -0.15) is 0 Å². The molecule has 11 rings (SSSR count). The van der Waals surface area contributed by atoms with Gasteiger partial charge in [0.05, 0.1) is 12.3 Å². The van der Waals surface area contributed by atoms with Crippen molar-refractivity contribution in [1.82, 2.24) is 0 Å². The predicted octanol–water partition coefficient (Wildman–Crippen LogP) is 14.3. The number of para-hydroxylation sites is 3. The Morgan fingerprint density at radius 3 is 1.67 bits per heavy atom. The highest BCUT2D eigenvalue weighted by atomic mass is 16.5. The Bertz CT molecular complexity index is 3020. The molecule has 1 heterocycles. The smallest absolute Gasteiger partial charge is 0.217 e. The summed E-state index contributed by atoms with van der Waals surface area (Å²) in [5.74, 6) is 0.976. The van der Waals surface area contributed by atoms with E-state index in [9.17, 15) is 0 Å². The van der Waals surface area contributed by atoms with Crippen molar-refractivity contribution < 1.29 is 4.74 Å². The number of anilines is 6. The maximum Gasteiger partial charge on any atom is 0.217 e. The molecule has 0 atom stereocenters. The van der Waals surface area contributed by atoms with Crippen molar-refractivity contribution in [2.75, 3.05) is 16.4 Å². The lowest BCUT2D eigenvalue weighted by Gasteiger charge is -2.33. The highest BCUT2D eigenvalue weighted by molar-refractivity contribution is 6.86. The fourth-order valence-electron chi connectivity index (χ4n) is 10.1. The van der Waals surface area contributed by atoms with E-state index in [1.54, 1.807) is 0 Å². The molecule has 1 aliphatic heterocycles. The molecule has 302 valence electrons. The van der Waals surface area contributed by atoms with Gasteiger partial charge in [0.2, 0.25) is 6.71 Å². The minimum Gasteiger partial charge on any atom is -0.494 e. The molecule has 0 saturated heterocycles. The third kappa shape index (κ3) is 6.80. The number of benzene rings is 9.